The summed E-state index contributed by atoms with van der Waals surface area (Å²) in [6.07, 6.45) is 7.70. The molecular formula is C33H41NO4. The summed E-state index contributed by atoms with van der Waals surface area (Å²) in [6.45, 7) is 6.52. The Morgan fingerprint density at radius 1 is 0.868 bits per heavy atom. The van der Waals surface area contributed by atoms with Gasteiger partial charge in [-0.1, -0.05) is 38.3 Å². The number of rotatable bonds is 13. The Kier molecular flexibility index (Phi) is 10.2. The molecule has 0 aliphatic carbocycles. The molecule has 1 saturated heterocycles. The molecule has 202 valence electrons. The first-order valence-corrected chi connectivity index (χ1v) is 13.9. The van der Waals surface area contributed by atoms with Gasteiger partial charge >= 0.3 is 0 Å². The van der Waals surface area contributed by atoms with Crippen LogP contribution in [0.2, 0.25) is 0 Å². The number of unbranched alkanes of at least 4 members (excludes halogenated alkanes) is 3. The average molecular weight is 516 g/mol. The Bertz CT molecular complexity index is 1160. The maximum Gasteiger partial charge on any atom is 0.193 e. The van der Waals surface area contributed by atoms with E-state index in [9.17, 15) is 4.79 Å². The van der Waals surface area contributed by atoms with Crippen LogP contribution in [0.25, 0.3) is 11.1 Å². The molecule has 0 radical (unpaired) electrons. The fraction of sp³-hybridized carbons (Fsp3) is 0.424. The highest BCUT2D eigenvalue weighted by atomic mass is 16.5. The minimum atomic E-state index is -0.0315. The van der Waals surface area contributed by atoms with Gasteiger partial charge in [0.05, 0.1) is 20.8 Å². The molecule has 3 aromatic rings. The van der Waals surface area contributed by atoms with Crippen molar-refractivity contribution in [3.05, 3.63) is 77.9 Å². The van der Waals surface area contributed by atoms with E-state index in [0.29, 0.717) is 22.8 Å². The van der Waals surface area contributed by atoms with Crippen LogP contribution in [0, 0.1) is 5.92 Å². The van der Waals surface area contributed by atoms with Gasteiger partial charge in [0.1, 0.15) is 17.2 Å². The van der Waals surface area contributed by atoms with E-state index < -0.39 is 0 Å². The molecule has 4 rings (SSSR count). The molecule has 0 N–H and O–H groups in total. The van der Waals surface area contributed by atoms with E-state index in [1.807, 2.05) is 66.7 Å². The zero-order chi connectivity index (χ0) is 26.7. The van der Waals surface area contributed by atoms with Gasteiger partial charge in [0.15, 0.2) is 5.78 Å². The molecule has 3 aromatic carbocycles. The number of ether oxygens (including phenoxy) is 3. The fourth-order valence-electron chi connectivity index (χ4n) is 5.18. The zero-order valence-corrected chi connectivity index (χ0v) is 23.1. The molecule has 1 heterocycles. The van der Waals surface area contributed by atoms with Gasteiger partial charge in [0, 0.05) is 23.6 Å². The van der Waals surface area contributed by atoms with Crippen molar-refractivity contribution >= 4 is 5.78 Å². The van der Waals surface area contributed by atoms with Crippen LogP contribution in [0.15, 0.2) is 66.7 Å². The van der Waals surface area contributed by atoms with Crippen molar-refractivity contribution in [2.45, 2.75) is 45.4 Å². The van der Waals surface area contributed by atoms with Crippen molar-refractivity contribution in [3.8, 4) is 28.4 Å². The van der Waals surface area contributed by atoms with Gasteiger partial charge in [0.25, 0.3) is 0 Å². The van der Waals surface area contributed by atoms with E-state index in [-0.39, 0.29) is 5.78 Å². The number of carbonyl (C=O) groups is 1. The van der Waals surface area contributed by atoms with Crippen LogP contribution in [0.5, 0.6) is 17.2 Å². The molecular weight excluding hydrogens is 474 g/mol. The molecule has 1 fully saturated rings. The second-order valence-corrected chi connectivity index (χ2v) is 10.2. The number of piperidine rings is 1. The highest BCUT2D eigenvalue weighted by molar-refractivity contribution is 6.13. The predicted molar refractivity (Wildman–Crippen MR) is 154 cm³/mol. The Morgan fingerprint density at radius 3 is 2.29 bits per heavy atom. The molecule has 5 nitrogen and oxygen atoms in total. The first-order chi connectivity index (χ1) is 18.6. The monoisotopic (exact) mass is 515 g/mol. The average Bonchev–Trinajstić information content (AvgIpc) is 2.98. The van der Waals surface area contributed by atoms with Gasteiger partial charge in [-0.2, -0.15) is 0 Å². The Balaban J connectivity index is 1.39. The van der Waals surface area contributed by atoms with Crippen LogP contribution < -0.4 is 14.2 Å². The van der Waals surface area contributed by atoms with Gasteiger partial charge in [-0.25, -0.2) is 0 Å². The van der Waals surface area contributed by atoms with Crippen molar-refractivity contribution in [3.63, 3.8) is 0 Å². The summed E-state index contributed by atoms with van der Waals surface area (Å²) in [5.74, 6) is 2.82. The van der Waals surface area contributed by atoms with Gasteiger partial charge in [0.2, 0.25) is 0 Å². The summed E-state index contributed by atoms with van der Waals surface area (Å²) < 4.78 is 16.9. The smallest absolute Gasteiger partial charge is 0.193 e. The normalized spacial score (nSPS) is 15.7. The Labute approximate surface area is 227 Å². The van der Waals surface area contributed by atoms with E-state index in [1.54, 1.807) is 14.2 Å². The van der Waals surface area contributed by atoms with Crippen molar-refractivity contribution in [2.24, 2.45) is 5.92 Å². The highest BCUT2D eigenvalue weighted by Gasteiger charge is 2.20. The lowest BCUT2D eigenvalue weighted by molar-refractivity contribution is 0.103. The topological polar surface area (TPSA) is 48.0 Å². The lowest BCUT2D eigenvalue weighted by Gasteiger charge is -2.32. The summed E-state index contributed by atoms with van der Waals surface area (Å²) in [5.41, 5.74) is 3.02. The van der Waals surface area contributed by atoms with E-state index >= 15 is 0 Å². The molecule has 0 saturated carbocycles. The molecule has 0 aromatic heterocycles. The van der Waals surface area contributed by atoms with Gasteiger partial charge in [-0.05, 0) is 98.1 Å². The number of ketones is 1. The number of likely N-dealkylation sites (tertiary alicyclic amines) is 1. The molecule has 1 unspecified atom stereocenters. The largest absolute Gasteiger partial charge is 0.497 e. The number of nitrogens with zero attached hydrogens (tertiary/aromatic N) is 1. The second-order valence-electron chi connectivity index (χ2n) is 10.2. The third-order valence-electron chi connectivity index (χ3n) is 7.41. The maximum atomic E-state index is 13.5. The third-order valence-corrected chi connectivity index (χ3v) is 7.41. The van der Waals surface area contributed by atoms with Crippen LogP contribution in [0.3, 0.4) is 0 Å². The fourth-order valence-corrected chi connectivity index (χ4v) is 5.18. The third kappa shape index (κ3) is 7.38. The van der Waals surface area contributed by atoms with E-state index in [0.717, 1.165) is 35.8 Å². The maximum absolute atomic E-state index is 13.5. The van der Waals surface area contributed by atoms with E-state index in [1.165, 1.54) is 51.6 Å². The summed E-state index contributed by atoms with van der Waals surface area (Å²) in [7, 11) is 3.27. The number of methoxy groups -OCH3 is 2. The van der Waals surface area contributed by atoms with Crippen LogP contribution in [0.4, 0.5) is 0 Å². The minimum absolute atomic E-state index is 0.0315. The van der Waals surface area contributed by atoms with Crippen molar-refractivity contribution in [1.29, 1.82) is 0 Å². The van der Waals surface area contributed by atoms with Crippen molar-refractivity contribution in [2.75, 3.05) is 40.5 Å². The number of hydrogen-bond acceptors (Lipinski definition) is 5. The van der Waals surface area contributed by atoms with Crippen molar-refractivity contribution in [1.82, 2.24) is 4.90 Å². The highest BCUT2D eigenvalue weighted by Crippen LogP contribution is 2.31. The first-order valence-electron chi connectivity index (χ1n) is 13.9. The van der Waals surface area contributed by atoms with E-state index in [2.05, 4.69) is 11.8 Å². The molecule has 1 aliphatic heterocycles. The second kappa shape index (κ2) is 14.0. The Morgan fingerprint density at radius 2 is 1.58 bits per heavy atom. The van der Waals surface area contributed by atoms with Gasteiger partial charge in [-0.3, -0.25) is 4.79 Å². The summed E-state index contributed by atoms with van der Waals surface area (Å²) in [5, 5.41) is 0. The van der Waals surface area contributed by atoms with Crippen LogP contribution in [-0.2, 0) is 0 Å². The minimum Gasteiger partial charge on any atom is -0.497 e. The lowest BCUT2D eigenvalue weighted by atomic mass is 9.93. The molecule has 0 spiro atoms. The molecule has 0 amide bonds. The first kappa shape index (κ1) is 27.7. The molecule has 0 bridgehead atoms. The van der Waals surface area contributed by atoms with Crippen LogP contribution >= 0.6 is 0 Å². The van der Waals surface area contributed by atoms with Crippen LogP contribution in [0.1, 0.15) is 61.4 Å². The standard InChI is InChI=1S/C33H41NO4/c1-4-5-6-7-20-34-21-8-9-25(23-34)24-38-29-16-12-27(13-17-29)33(35)31-19-18-30(37-3)22-32(31)26-10-14-28(36-2)15-11-26/h10-19,22,25H,4-9,20-21,23-24H2,1-3H3. The number of hydrogen-bond donors (Lipinski definition) is 0. The molecule has 1 aliphatic rings. The lowest BCUT2D eigenvalue weighted by Crippen LogP contribution is -2.38. The van der Waals surface area contributed by atoms with Gasteiger partial charge in [-0.15, -0.1) is 0 Å². The van der Waals surface area contributed by atoms with Crippen molar-refractivity contribution < 1.29 is 19.0 Å². The molecule has 1 atom stereocenters. The summed E-state index contributed by atoms with van der Waals surface area (Å²) >= 11 is 0. The van der Waals surface area contributed by atoms with Crippen LogP contribution in [-0.4, -0.2) is 51.1 Å². The number of carbonyl (C=O) groups excluding carboxylic acids is 1. The predicted octanol–water partition coefficient (Wildman–Crippen LogP) is 7.27. The molecule has 5 heteroatoms. The Hall–Kier alpha value is -3.31. The summed E-state index contributed by atoms with van der Waals surface area (Å²) in [4.78, 5) is 16.1. The van der Waals surface area contributed by atoms with E-state index in [4.69, 9.17) is 14.2 Å². The molecule has 38 heavy (non-hydrogen) atoms. The SMILES string of the molecule is CCCCCCN1CCCC(COc2ccc(C(=O)c3ccc(OC)cc3-c3ccc(OC)cc3)cc2)C1. The van der Waals surface area contributed by atoms with Gasteiger partial charge < -0.3 is 19.1 Å². The number of benzene rings is 3. The quantitative estimate of drug-likeness (QED) is 0.177. The summed E-state index contributed by atoms with van der Waals surface area (Å²) in [6, 6.07) is 20.8. The zero-order valence-electron chi connectivity index (χ0n) is 23.1.